The van der Waals surface area contributed by atoms with Crippen molar-refractivity contribution in [2.24, 2.45) is 0 Å². The van der Waals surface area contributed by atoms with Crippen LogP contribution in [0.15, 0.2) is 60.7 Å². The Bertz CT molecular complexity index is 1140. The Morgan fingerprint density at radius 2 is 0.929 bits per heavy atom. The molecule has 0 radical (unpaired) electrons. The fourth-order valence-corrected chi connectivity index (χ4v) is 3.49. The van der Waals surface area contributed by atoms with Crippen LogP contribution in [0.5, 0.6) is 11.5 Å². The van der Waals surface area contributed by atoms with Gasteiger partial charge in [-0.05, 0) is 71.4 Å². The van der Waals surface area contributed by atoms with Crippen LogP contribution in [0.3, 0.4) is 0 Å². The summed E-state index contributed by atoms with van der Waals surface area (Å²) in [5.74, 6) is -1.46. The third kappa shape index (κ3) is 3.26. The highest BCUT2D eigenvalue weighted by molar-refractivity contribution is 6.31. The summed E-state index contributed by atoms with van der Waals surface area (Å²) >= 11 is 11.6. The van der Waals surface area contributed by atoms with E-state index in [2.05, 4.69) is 0 Å². The van der Waals surface area contributed by atoms with E-state index >= 15 is 0 Å². The smallest absolute Gasteiger partial charge is 0.132 e. The Balaban J connectivity index is 1.90. The van der Waals surface area contributed by atoms with Gasteiger partial charge in [-0.2, -0.15) is 0 Å². The Kier molecular flexibility index (Phi) is 4.61. The second-order valence-electron chi connectivity index (χ2n) is 6.33. The van der Waals surface area contributed by atoms with Crippen molar-refractivity contribution in [1.29, 1.82) is 0 Å². The van der Waals surface area contributed by atoms with Gasteiger partial charge in [-0.3, -0.25) is 0 Å². The number of halogens is 4. The lowest BCUT2D eigenvalue weighted by molar-refractivity contribution is 0.475. The summed E-state index contributed by atoms with van der Waals surface area (Å²) in [5.41, 5.74) is 0.866. The number of hydrogen-bond donors (Lipinski definition) is 2. The standard InChI is InChI=1S/C22H12Cl2F2O2/c23-13-1-3-15(19(25)9-13)17-5-11-8-22(28)18(6-12(11)7-21(17)27)16-4-2-14(24)10-20(16)26/h1-10,27-28H. The normalized spacial score (nSPS) is 11.1. The van der Waals surface area contributed by atoms with Gasteiger partial charge in [-0.15, -0.1) is 0 Å². The number of phenolic OH excluding ortho intramolecular Hbond substituents is 2. The topological polar surface area (TPSA) is 40.5 Å². The molecule has 0 amide bonds. The molecule has 0 aromatic heterocycles. The molecule has 2 nitrogen and oxygen atoms in total. The number of hydrogen-bond acceptors (Lipinski definition) is 2. The third-order valence-electron chi connectivity index (χ3n) is 4.51. The van der Waals surface area contributed by atoms with Crippen molar-refractivity contribution in [3.05, 3.63) is 82.3 Å². The molecule has 0 unspecified atom stereocenters. The van der Waals surface area contributed by atoms with Gasteiger partial charge in [0.15, 0.2) is 0 Å². The lowest BCUT2D eigenvalue weighted by Crippen LogP contribution is -1.89. The first kappa shape index (κ1) is 18.5. The van der Waals surface area contributed by atoms with Gasteiger partial charge in [0.25, 0.3) is 0 Å². The van der Waals surface area contributed by atoms with Crippen molar-refractivity contribution in [2.75, 3.05) is 0 Å². The molecular formula is C22H12Cl2F2O2. The molecule has 4 rings (SSSR count). The minimum absolute atomic E-state index is 0.151. The van der Waals surface area contributed by atoms with Crippen LogP contribution in [0, 0.1) is 11.6 Å². The highest BCUT2D eigenvalue weighted by Gasteiger charge is 2.15. The first-order valence-corrected chi connectivity index (χ1v) is 8.99. The van der Waals surface area contributed by atoms with Crippen LogP contribution in [-0.2, 0) is 0 Å². The first-order chi connectivity index (χ1) is 13.3. The van der Waals surface area contributed by atoms with Gasteiger partial charge in [0.2, 0.25) is 0 Å². The molecule has 0 saturated carbocycles. The van der Waals surface area contributed by atoms with E-state index in [1.165, 1.54) is 36.4 Å². The molecule has 0 spiro atoms. The Morgan fingerprint density at radius 1 is 0.536 bits per heavy atom. The SMILES string of the molecule is Oc1cc2cc(-c3ccc(Cl)cc3F)c(O)cc2cc1-c1ccc(Cl)cc1F. The van der Waals surface area contributed by atoms with E-state index in [4.69, 9.17) is 23.2 Å². The Labute approximate surface area is 169 Å². The van der Waals surface area contributed by atoms with Gasteiger partial charge in [0.05, 0.1) is 0 Å². The maximum atomic E-state index is 14.3. The predicted molar refractivity (Wildman–Crippen MR) is 108 cm³/mol. The molecule has 140 valence electrons. The fourth-order valence-electron chi connectivity index (χ4n) is 3.17. The number of benzene rings is 4. The molecule has 4 aromatic rings. The monoisotopic (exact) mass is 416 g/mol. The molecule has 0 heterocycles. The minimum atomic E-state index is -0.578. The molecule has 0 saturated heterocycles. The zero-order valence-corrected chi connectivity index (χ0v) is 15.7. The largest absolute Gasteiger partial charge is 0.507 e. The van der Waals surface area contributed by atoms with E-state index in [9.17, 15) is 19.0 Å². The molecule has 0 atom stereocenters. The molecule has 0 bridgehead atoms. The summed E-state index contributed by atoms with van der Waals surface area (Å²) in [5, 5.41) is 22.4. The van der Waals surface area contributed by atoms with Crippen LogP contribution in [0.1, 0.15) is 0 Å². The molecule has 2 N–H and O–H groups in total. The Morgan fingerprint density at radius 3 is 1.29 bits per heavy atom. The number of aromatic hydroxyl groups is 2. The summed E-state index contributed by atoms with van der Waals surface area (Å²) in [6, 6.07) is 14.3. The quantitative estimate of drug-likeness (QED) is 0.363. The zero-order valence-electron chi connectivity index (χ0n) is 14.2. The lowest BCUT2D eigenvalue weighted by atomic mass is 9.96. The number of phenols is 2. The molecule has 0 aliphatic heterocycles. The van der Waals surface area contributed by atoms with Crippen molar-refractivity contribution in [3.8, 4) is 33.8 Å². The van der Waals surface area contributed by atoms with Crippen LogP contribution in [0.4, 0.5) is 8.78 Å². The first-order valence-electron chi connectivity index (χ1n) is 8.24. The minimum Gasteiger partial charge on any atom is -0.507 e. The molecule has 0 aliphatic carbocycles. The van der Waals surface area contributed by atoms with E-state index in [1.807, 2.05) is 0 Å². The third-order valence-corrected chi connectivity index (χ3v) is 4.98. The van der Waals surface area contributed by atoms with E-state index in [0.717, 1.165) is 12.1 Å². The van der Waals surface area contributed by atoms with Gasteiger partial charge < -0.3 is 10.2 Å². The summed E-state index contributed by atoms with van der Waals surface area (Å²) in [4.78, 5) is 0. The summed E-state index contributed by atoms with van der Waals surface area (Å²) in [7, 11) is 0. The molecule has 0 fully saturated rings. The molecular weight excluding hydrogens is 405 g/mol. The molecule has 6 heteroatoms. The van der Waals surface area contributed by atoms with Gasteiger partial charge in [0, 0.05) is 32.3 Å². The van der Waals surface area contributed by atoms with Crippen molar-refractivity contribution >= 4 is 34.0 Å². The van der Waals surface area contributed by atoms with E-state index in [-0.39, 0.29) is 43.8 Å². The molecule has 0 aliphatic rings. The van der Waals surface area contributed by atoms with Gasteiger partial charge in [-0.25, -0.2) is 8.78 Å². The second kappa shape index (κ2) is 6.97. The average molecular weight is 417 g/mol. The highest BCUT2D eigenvalue weighted by Crippen LogP contribution is 2.40. The maximum Gasteiger partial charge on any atom is 0.132 e. The van der Waals surface area contributed by atoms with E-state index < -0.39 is 11.6 Å². The number of rotatable bonds is 2. The van der Waals surface area contributed by atoms with Crippen LogP contribution >= 0.6 is 23.2 Å². The summed E-state index contributed by atoms with van der Waals surface area (Å²) < 4.78 is 28.5. The second-order valence-corrected chi connectivity index (χ2v) is 7.21. The summed E-state index contributed by atoms with van der Waals surface area (Å²) in [6.45, 7) is 0. The maximum absolute atomic E-state index is 14.3. The van der Waals surface area contributed by atoms with E-state index in [0.29, 0.717) is 10.8 Å². The van der Waals surface area contributed by atoms with Crippen molar-refractivity contribution in [1.82, 2.24) is 0 Å². The zero-order chi connectivity index (χ0) is 20.0. The highest BCUT2D eigenvalue weighted by atomic mass is 35.5. The predicted octanol–water partition coefficient (Wildman–Crippen LogP) is 7.17. The van der Waals surface area contributed by atoms with Crippen molar-refractivity contribution in [3.63, 3.8) is 0 Å². The van der Waals surface area contributed by atoms with Crippen LogP contribution in [0.2, 0.25) is 10.0 Å². The lowest BCUT2D eigenvalue weighted by Gasteiger charge is -2.12. The van der Waals surface area contributed by atoms with Gasteiger partial charge >= 0.3 is 0 Å². The van der Waals surface area contributed by atoms with Crippen molar-refractivity contribution in [2.45, 2.75) is 0 Å². The van der Waals surface area contributed by atoms with Crippen LogP contribution in [-0.4, -0.2) is 10.2 Å². The molecule has 28 heavy (non-hydrogen) atoms. The Hall–Kier alpha value is -2.82. The fraction of sp³-hybridized carbons (Fsp3) is 0. The van der Waals surface area contributed by atoms with Gasteiger partial charge in [0.1, 0.15) is 23.1 Å². The van der Waals surface area contributed by atoms with Crippen molar-refractivity contribution < 1.29 is 19.0 Å². The average Bonchev–Trinajstić information content (AvgIpc) is 2.62. The van der Waals surface area contributed by atoms with Crippen LogP contribution in [0.25, 0.3) is 33.0 Å². The number of fused-ring (bicyclic) bond motifs is 1. The van der Waals surface area contributed by atoms with Gasteiger partial charge in [-0.1, -0.05) is 23.2 Å². The molecule has 4 aromatic carbocycles. The summed E-state index contributed by atoms with van der Waals surface area (Å²) in [6.07, 6.45) is 0. The van der Waals surface area contributed by atoms with Crippen LogP contribution < -0.4 is 0 Å². The van der Waals surface area contributed by atoms with E-state index in [1.54, 1.807) is 12.1 Å².